The second kappa shape index (κ2) is 3.59. The van der Waals surface area contributed by atoms with Gasteiger partial charge in [0.1, 0.15) is 0 Å². The molecule has 0 atom stereocenters. The van der Waals surface area contributed by atoms with Gasteiger partial charge in [0, 0.05) is 17.1 Å². The van der Waals surface area contributed by atoms with Gasteiger partial charge in [-0.3, -0.25) is 0 Å². The summed E-state index contributed by atoms with van der Waals surface area (Å²) in [4.78, 5) is 3.03. The maximum absolute atomic E-state index is 8.84. The number of aromatic nitrogens is 1. The van der Waals surface area contributed by atoms with Crippen LogP contribution in [-0.2, 0) is 0 Å². The number of thiocarbonyl (C=S) groups is 1. The number of aromatic amines is 1. The smallest absolute Gasteiger partial charge is 0.168 e. The lowest BCUT2D eigenvalue weighted by Crippen LogP contribution is -2.19. The fourth-order valence-corrected chi connectivity index (χ4v) is 1.58. The minimum atomic E-state index is 0.188. The molecule has 0 fully saturated rings. The molecule has 1 aromatic carbocycles. The van der Waals surface area contributed by atoms with Crippen molar-refractivity contribution in [2.24, 2.45) is 5.73 Å². The summed E-state index contributed by atoms with van der Waals surface area (Å²) in [6.07, 6.45) is 1.80. The largest absolute Gasteiger partial charge is 0.376 e. The number of anilines is 1. The molecule has 5 heteroatoms. The Bertz CT molecular complexity index is 564. The number of benzene rings is 1. The molecule has 0 radical (unpaired) electrons. The number of hydrogen-bond acceptors (Lipinski definition) is 2. The maximum atomic E-state index is 8.84. The summed E-state index contributed by atoms with van der Waals surface area (Å²) in [5.41, 5.74) is 7.59. The van der Waals surface area contributed by atoms with Crippen molar-refractivity contribution < 1.29 is 0 Å². The van der Waals surface area contributed by atoms with Gasteiger partial charge in [0.05, 0.1) is 17.3 Å². The Labute approximate surface area is 91.7 Å². The summed E-state index contributed by atoms with van der Waals surface area (Å²) in [5, 5.41) is 12.8. The Morgan fingerprint density at radius 3 is 3.00 bits per heavy atom. The molecule has 2 aromatic rings. The van der Waals surface area contributed by atoms with E-state index < -0.39 is 0 Å². The highest BCUT2D eigenvalue weighted by Gasteiger charge is 2.05. The predicted molar refractivity (Wildman–Crippen MR) is 63.4 cm³/mol. The van der Waals surface area contributed by atoms with Gasteiger partial charge in [-0.25, -0.2) is 0 Å². The van der Waals surface area contributed by atoms with E-state index in [1.807, 2.05) is 6.07 Å². The van der Waals surface area contributed by atoms with E-state index >= 15 is 0 Å². The summed E-state index contributed by atoms with van der Waals surface area (Å²) in [5.74, 6) is 0. The van der Waals surface area contributed by atoms with Crippen LogP contribution < -0.4 is 11.1 Å². The van der Waals surface area contributed by atoms with Crippen molar-refractivity contribution >= 4 is 33.9 Å². The van der Waals surface area contributed by atoms with E-state index in [0.717, 1.165) is 16.6 Å². The van der Waals surface area contributed by atoms with E-state index in [1.54, 1.807) is 18.3 Å². The Balaban J connectivity index is 2.64. The number of nitrogens with two attached hydrogens (primary N) is 1. The van der Waals surface area contributed by atoms with Crippen molar-refractivity contribution in [2.75, 3.05) is 5.32 Å². The molecule has 0 unspecified atom stereocenters. The summed E-state index contributed by atoms with van der Waals surface area (Å²) in [6.45, 7) is 0. The van der Waals surface area contributed by atoms with Crippen LogP contribution in [0.4, 0.5) is 5.69 Å². The first-order valence-corrected chi connectivity index (χ1v) is 4.69. The molecule has 0 aliphatic carbocycles. The Hall–Kier alpha value is -2.06. The Morgan fingerprint density at radius 2 is 2.33 bits per heavy atom. The van der Waals surface area contributed by atoms with Crippen LogP contribution in [0.1, 0.15) is 5.56 Å². The molecule has 0 aliphatic rings. The highest BCUT2D eigenvalue weighted by Crippen LogP contribution is 2.24. The number of hydrogen-bond donors (Lipinski definition) is 3. The van der Waals surface area contributed by atoms with Crippen molar-refractivity contribution in [1.29, 1.82) is 5.26 Å². The van der Waals surface area contributed by atoms with Crippen molar-refractivity contribution in [3.8, 4) is 6.07 Å². The molecule has 0 aliphatic heterocycles. The Kier molecular flexibility index (Phi) is 2.27. The molecule has 0 saturated heterocycles. The van der Waals surface area contributed by atoms with Gasteiger partial charge >= 0.3 is 0 Å². The molecule has 4 nitrogen and oxygen atoms in total. The zero-order valence-electron chi connectivity index (χ0n) is 7.74. The lowest BCUT2D eigenvalue weighted by molar-refractivity contribution is 1.45. The van der Waals surface area contributed by atoms with Crippen LogP contribution in [-0.4, -0.2) is 10.1 Å². The van der Waals surface area contributed by atoms with E-state index in [0.29, 0.717) is 5.56 Å². The fourth-order valence-electron chi connectivity index (χ4n) is 1.47. The molecule has 0 spiro atoms. The lowest BCUT2D eigenvalue weighted by Gasteiger charge is -2.05. The first-order valence-electron chi connectivity index (χ1n) is 4.28. The minimum absolute atomic E-state index is 0.188. The molecule has 1 aromatic heterocycles. The monoisotopic (exact) mass is 216 g/mol. The molecule has 0 bridgehead atoms. The number of H-pyrrole nitrogens is 1. The molecule has 0 saturated carbocycles. The zero-order valence-corrected chi connectivity index (χ0v) is 8.56. The molecule has 74 valence electrons. The standard InChI is InChI=1S/C10H8N4S/c11-5-6-3-8-7(1-2-13-8)9(4-6)14-10(12)15/h1-4,13H,(H3,12,14,15). The molecular formula is C10H8N4S. The van der Waals surface area contributed by atoms with Crippen LogP contribution in [0.25, 0.3) is 10.9 Å². The van der Waals surface area contributed by atoms with Gasteiger partial charge in [0.2, 0.25) is 0 Å². The van der Waals surface area contributed by atoms with Gasteiger partial charge in [-0.15, -0.1) is 0 Å². The summed E-state index contributed by atoms with van der Waals surface area (Å²) >= 11 is 4.77. The van der Waals surface area contributed by atoms with Crippen LogP contribution >= 0.6 is 12.2 Å². The minimum Gasteiger partial charge on any atom is -0.376 e. The molecular weight excluding hydrogens is 208 g/mol. The van der Waals surface area contributed by atoms with Crippen LogP contribution in [0.5, 0.6) is 0 Å². The summed E-state index contributed by atoms with van der Waals surface area (Å²) < 4.78 is 0. The second-order valence-electron chi connectivity index (χ2n) is 3.06. The van der Waals surface area contributed by atoms with Gasteiger partial charge in [-0.1, -0.05) is 0 Å². The van der Waals surface area contributed by atoms with Gasteiger partial charge in [-0.05, 0) is 30.4 Å². The SMILES string of the molecule is N#Cc1cc(NC(N)=S)c2cc[nH]c2c1. The number of rotatable bonds is 1. The topological polar surface area (TPSA) is 77.6 Å². The van der Waals surface area contributed by atoms with Crippen molar-refractivity contribution in [2.45, 2.75) is 0 Å². The third kappa shape index (κ3) is 1.75. The van der Waals surface area contributed by atoms with Crippen LogP contribution in [0.2, 0.25) is 0 Å². The van der Waals surface area contributed by atoms with Gasteiger partial charge in [-0.2, -0.15) is 5.26 Å². The Morgan fingerprint density at radius 1 is 1.53 bits per heavy atom. The third-order valence-corrected chi connectivity index (χ3v) is 2.16. The molecule has 4 N–H and O–H groups in total. The van der Waals surface area contributed by atoms with Gasteiger partial charge < -0.3 is 16.0 Å². The lowest BCUT2D eigenvalue weighted by atomic mass is 10.1. The van der Waals surface area contributed by atoms with Crippen molar-refractivity contribution in [3.05, 3.63) is 30.0 Å². The first-order chi connectivity index (χ1) is 7.20. The third-order valence-electron chi connectivity index (χ3n) is 2.06. The molecule has 15 heavy (non-hydrogen) atoms. The van der Waals surface area contributed by atoms with Crippen molar-refractivity contribution in [1.82, 2.24) is 4.98 Å². The van der Waals surface area contributed by atoms with Gasteiger partial charge in [0.25, 0.3) is 0 Å². The average Bonchev–Trinajstić information content (AvgIpc) is 2.64. The number of fused-ring (bicyclic) bond motifs is 1. The number of nitrogens with zero attached hydrogens (tertiary/aromatic N) is 1. The van der Waals surface area contributed by atoms with Crippen LogP contribution in [0, 0.1) is 11.3 Å². The summed E-state index contributed by atoms with van der Waals surface area (Å²) in [7, 11) is 0. The van der Waals surface area contributed by atoms with Gasteiger partial charge in [0.15, 0.2) is 5.11 Å². The van der Waals surface area contributed by atoms with E-state index in [2.05, 4.69) is 16.4 Å². The second-order valence-corrected chi connectivity index (χ2v) is 3.50. The summed E-state index contributed by atoms with van der Waals surface area (Å²) in [6, 6.07) is 7.47. The average molecular weight is 216 g/mol. The quantitative estimate of drug-likeness (QED) is 0.634. The maximum Gasteiger partial charge on any atom is 0.168 e. The van der Waals surface area contributed by atoms with Crippen molar-refractivity contribution in [3.63, 3.8) is 0 Å². The molecule has 2 rings (SSSR count). The molecule has 1 heterocycles. The molecule has 0 amide bonds. The van der Waals surface area contributed by atoms with Crippen LogP contribution in [0.15, 0.2) is 24.4 Å². The van der Waals surface area contributed by atoms with E-state index in [-0.39, 0.29) is 5.11 Å². The number of nitriles is 1. The fraction of sp³-hybridized carbons (Fsp3) is 0. The van der Waals surface area contributed by atoms with E-state index in [1.165, 1.54) is 0 Å². The number of nitrogens with one attached hydrogen (secondary N) is 2. The first kappa shape index (κ1) is 9.49. The van der Waals surface area contributed by atoms with E-state index in [9.17, 15) is 0 Å². The normalized spacial score (nSPS) is 9.80. The van der Waals surface area contributed by atoms with Crippen LogP contribution in [0.3, 0.4) is 0 Å². The highest BCUT2D eigenvalue weighted by atomic mass is 32.1. The highest BCUT2D eigenvalue weighted by molar-refractivity contribution is 7.80. The van der Waals surface area contributed by atoms with E-state index in [4.69, 9.17) is 23.2 Å². The predicted octanol–water partition coefficient (Wildman–Crippen LogP) is 1.70. The zero-order chi connectivity index (χ0) is 10.8.